The molecule has 0 aromatic heterocycles. The quantitative estimate of drug-likeness (QED) is 0.735. The third-order valence-corrected chi connectivity index (χ3v) is 5.15. The number of aliphatic imine (C=N–C) groups is 1. The fourth-order valence-electron chi connectivity index (χ4n) is 2.38. The maximum Gasteiger partial charge on any atom is 0.240 e. The summed E-state index contributed by atoms with van der Waals surface area (Å²) in [7, 11) is 3.10. The second-order valence-electron chi connectivity index (χ2n) is 5.89. The molecule has 0 spiro atoms. The van der Waals surface area contributed by atoms with Gasteiger partial charge in [-0.25, -0.2) is 0 Å². The lowest BCUT2D eigenvalue weighted by molar-refractivity contribution is -0.122. The van der Waals surface area contributed by atoms with E-state index in [1.807, 2.05) is 13.8 Å². The summed E-state index contributed by atoms with van der Waals surface area (Å²) >= 11 is 7.31. The number of amidine groups is 1. The molecule has 1 aromatic carbocycles. The second-order valence-corrected chi connectivity index (χ2v) is 7.49. The number of nitrogens with one attached hydrogen (secondary N) is 2. The molecule has 1 fully saturated rings. The molecular weight excluding hydrogens is 378 g/mol. The summed E-state index contributed by atoms with van der Waals surface area (Å²) in [5, 5.41) is 6.01. The molecule has 7 nitrogen and oxygen atoms in total. The normalized spacial score (nSPS) is 19.3. The van der Waals surface area contributed by atoms with Crippen molar-refractivity contribution in [2.24, 2.45) is 4.99 Å². The van der Waals surface area contributed by atoms with Crippen molar-refractivity contribution in [1.82, 2.24) is 5.32 Å². The van der Waals surface area contributed by atoms with Crippen LogP contribution in [0.15, 0.2) is 17.1 Å². The zero-order valence-corrected chi connectivity index (χ0v) is 16.7. The van der Waals surface area contributed by atoms with Crippen LogP contribution in [-0.4, -0.2) is 49.1 Å². The highest BCUT2D eigenvalue weighted by atomic mass is 35.5. The van der Waals surface area contributed by atoms with Crippen molar-refractivity contribution in [2.75, 3.05) is 26.1 Å². The van der Waals surface area contributed by atoms with Crippen LogP contribution in [0.3, 0.4) is 0 Å². The zero-order chi connectivity index (χ0) is 19.3. The van der Waals surface area contributed by atoms with Gasteiger partial charge in [0, 0.05) is 24.6 Å². The van der Waals surface area contributed by atoms with Crippen LogP contribution < -0.4 is 15.4 Å². The minimum Gasteiger partial charge on any atom is -0.495 e. The number of aryl methyl sites for hydroxylation is 1. The van der Waals surface area contributed by atoms with E-state index in [1.54, 1.807) is 19.2 Å². The van der Waals surface area contributed by atoms with Crippen molar-refractivity contribution in [3.05, 3.63) is 22.7 Å². The van der Waals surface area contributed by atoms with Crippen molar-refractivity contribution >= 4 is 46.0 Å². The highest BCUT2D eigenvalue weighted by molar-refractivity contribution is 8.15. The van der Waals surface area contributed by atoms with Gasteiger partial charge in [-0.1, -0.05) is 23.4 Å². The Morgan fingerprint density at radius 2 is 2.19 bits per heavy atom. The van der Waals surface area contributed by atoms with Crippen molar-refractivity contribution in [2.45, 2.75) is 31.6 Å². The molecule has 2 amide bonds. The number of anilines is 1. The number of hydrogen-bond acceptors (Lipinski definition) is 6. The molecule has 1 saturated heterocycles. The molecule has 0 saturated carbocycles. The first-order chi connectivity index (χ1) is 12.3. The molecule has 1 aromatic rings. The van der Waals surface area contributed by atoms with Gasteiger partial charge in [-0.05, 0) is 25.5 Å². The molecule has 2 rings (SSSR count). The van der Waals surface area contributed by atoms with E-state index in [9.17, 15) is 9.59 Å². The average molecular weight is 400 g/mol. The van der Waals surface area contributed by atoms with Gasteiger partial charge in [-0.3, -0.25) is 14.6 Å². The Bertz CT molecular complexity index is 726. The number of nitrogens with zero attached hydrogens (tertiary/aromatic N) is 1. The molecule has 9 heteroatoms. The summed E-state index contributed by atoms with van der Waals surface area (Å²) in [4.78, 5) is 28.8. The van der Waals surface area contributed by atoms with Gasteiger partial charge in [0.05, 0.1) is 25.4 Å². The fraction of sp³-hybridized carbons (Fsp3) is 0.471. The van der Waals surface area contributed by atoms with E-state index in [1.165, 1.54) is 18.9 Å². The Kier molecular flexibility index (Phi) is 7.31. The van der Waals surface area contributed by atoms with Crippen LogP contribution in [0, 0.1) is 6.92 Å². The van der Waals surface area contributed by atoms with Crippen LogP contribution >= 0.6 is 23.4 Å². The maximum absolute atomic E-state index is 12.4. The fourth-order valence-corrected chi connectivity index (χ4v) is 3.60. The molecule has 2 atom stereocenters. The zero-order valence-electron chi connectivity index (χ0n) is 15.1. The van der Waals surface area contributed by atoms with Gasteiger partial charge in [0.1, 0.15) is 11.0 Å². The van der Waals surface area contributed by atoms with E-state index in [-0.39, 0.29) is 24.3 Å². The van der Waals surface area contributed by atoms with Gasteiger partial charge in [0.25, 0.3) is 0 Å². The number of rotatable bonds is 7. The van der Waals surface area contributed by atoms with Crippen LogP contribution in [-0.2, 0) is 14.3 Å². The number of methoxy groups -OCH3 is 2. The first-order valence-electron chi connectivity index (χ1n) is 8.02. The number of carbonyl (C=O) groups excluding carboxylic acids is 2. The predicted molar refractivity (Wildman–Crippen MR) is 104 cm³/mol. The number of benzene rings is 1. The van der Waals surface area contributed by atoms with Crippen LogP contribution in [0.5, 0.6) is 5.75 Å². The number of thioether (sulfide) groups is 1. The third-order valence-electron chi connectivity index (χ3n) is 3.65. The molecule has 142 valence electrons. The van der Waals surface area contributed by atoms with Gasteiger partial charge in [-0.2, -0.15) is 0 Å². The van der Waals surface area contributed by atoms with Crippen molar-refractivity contribution < 1.29 is 19.1 Å². The largest absolute Gasteiger partial charge is 0.495 e. The molecule has 0 unspecified atom stereocenters. The van der Waals surface area contributed by atoms with Crippen LogP contribution in [0.1, 0.15) is 18.9 Å². The van der Waals surface area contributed by atoms with Gasteiger partial charge >= 0.3 is 0 Å². The summed E-state index contributed by atoms with van der Waals surface area (Å²) in [6, 6.07) is 3.31. The van der Waals surface area contributed by atoms with E-state index in [0.717, 1.165) is 5.56 Å². The molecule has 1 aliphatic heterocycles. The van der Waals surface area contributed by atoms with Crippen molar-refractivity contribution in [1.29, 1.82) is 0 Å². The van der Waals surface area contributed by atoms with E-state index >= 15 is 0 Å². The summed E-state index contributed by atoms with van der Waals surface area (Å²) in [5.74, 6) is -0.0512. The minimum atomic E-state index is -0.525. The lowest BCUT2D eigenvalue weighted by Gasteiger charge is -2.13. The topological polar surface area (TPSA) is 89.0 Å². The molecule has 0 aliphatic carbocycles. The van der Waals surface area contributed by atoms with Crippen molar-refractivity contribution in [3.63, 3.8) is 0 Å². The van der Waals surface area contributed by atoms with E-state index in [4.69, 9.17) is 21.1 Å². The number of ether oxygens (including phenoxy) is 2. The molecule has 0 bridgehead atoms. The molecule has 1 heterocycles. The Balaban J connectivity index is 2.00. The summed E-state index contributed by atoms with van der Waals surface area (Å²) < 4.78 is 10.3. The van der Waals surface area contributed by atoms with Crippen LogP contribution in [0.2, 0.25) is 5.02 Å². The first-order valence-corrected chi connectivity index (χ1v) is 9.28. The lowest BCUT2D eigenvalue weighted by Crippen LogP contribution is -2.28. The SMILES string of the molecule is COC[C@@H](C)N=C1NC(=O)[C@@H](CC(=O)Nc2cc(C)c(Cl)cc2OC)S1. The van der Waals surface area contributed by atoms with Crippen LogP contribution in [0.4, 0.5) is 5.69 Å². The number of carbonyl (C=O) groups is 2. The Labute approximate surface area is 161 Å². The van der Waals surface area contributed by atoms with Gasteiger partial charge in [0.2, 0.25) is 11.8 Å². The summed E-state index contributed by atoms with van der Waals surface area (Å²) in [6.07, 6.45) is 0.0268. The van der Waals surface area contributed by atoms with Crippen molar-refractivity contribution in [3.8, 4) is 5.75 Å². The number of hydrogen-bond donors (Lipinski definition) is 2. The summed E-state index contributed by atoms with van der Waals surface area (Å²) in [5.41, 5.74) is 1.34. The molecular formula is C17H22ClN3O4S. The Morgan fingerprint density at radius 3 is 2.85 bits per heavy atom. The van der Waals surface area contributed by atoms with E-state index in [2.05, 4.69) is 15.6 Å². The third kappa shape index (κ3) is 5.36. The highest BCUT2D eigenvalue weighted by Crippen LogP contribution is 2.31. The predicted octanol–water partition coefficient (Wildman–Crippen LogP) is 2.61. The highest BCUT2D eigenvalue weighted by Gasteiger charge is 2.32. The second kappa shape index (κ2) is 9.25. The van der Waals surface area contributed by atoms with Gasteiger partial charge in [0.15, 0.2) is 5.17 Å². The Morgan fingerprint density at radius 1 is 1.46 bits per heavy atom. The minimum absolute atomic E-state index is 0.0268. The standard InChI is InChI=1S/C17H22ClN3O4S/c1-9-5-12(13(25-4)6-11(9)18)20-15(22)7-14-16(23)21-17(26-14)19-10(2)8-24-3/h5-6,10,14H,7-8H2,1-4H3,(H,20,22)(H,19,21,23)/t10-,14-/m1/s1. The number of halogens is 1. The molecule has 0 radical (unpaired) electrons. The lowest BCUT2D eigenvalue weighted by atomic mass is 10.2. The van der Waals surface area contributed by atoms with Gasteiger partial charge < -0.3 is 20.1 Å². The first kappa shape index (κ1) is 20.5. The Hall–Kier alpha value is -1.77. The maximum atomic E-state index is 12.4. The van der Waals surface area contributed by atoms with E-state index in [0.29, 0.717) is 28.2 Å². The van der Waals surface area contributed by atoms with Crippen LogP contribution in [0.25, 0.3) is 0 Å². The molecule has 2 N–H and O–H groups in total. The molecule has 26 heavy (non-hydrogen) atoms. The summed E-state index contributed by atoms with van der Waals surface area (Å²) in [6.45, 7) is 4.18. The van der Waals surface area contributed by atoms with E-state index < -0.39 is 5.25 Å². The monoisotopic (exact) mass is 399 g/mol. The molecule has 1 aliphatic rings. The van der Waals surface area contributed by atoms with Gasteiger partial charge in [-0.15, -0.1) is 0 Å². The average Bonchev–Trinajstić information content (AvgIpc) is 2.89. The smallest absolute Gasteiger partial charge is 0.240 e. The number of amides is 2.